The summed E-state index contributed by atoms with van der Waals surface area (Å²) in [5, 5.41) is 5.93. The molecule has 0 atom stereocenters. The molecule has 0 aliphatic carbocycles. The van der Waals surface area contributed by atoms with Crippen molar-refractivity contribution in [3.63, 3.8) is 0 Å². The van der Waals surface area contributed by atoms with Crippen LogP contribution in [-0.4, -0.2) is 11.0 Å². The largest absolute Gasteiger partial charge is 0.332 e. The summed E-state index contributed by atoms with van der Waals surface area (Å²) in [5.74, 6) is -0.257. The number of benzene rings is 2. The number of hydrogen-bond acceptors (Lipinski definition) is 2. The van der Waals surface area contributed by atoms with Crippen molar-refractivity contribution in [2.75, 3.05) is 5.32 Å². The van der Waals surface area contributed by atoms with Gasteiger partial charge in [-0.05, 0) is 67.9 Å². The number of aryl methyl sites for hydroxylation is 3. The maximum Gasteiger partial charge on any atom is 0.250 e. The molecular weight excluding hydrogens is 304 g/mol. The molecular formula is C19H20N2OS. The van der Waals surface area contributed by atoms with Crippen LogP contribution >= 0.6 is 12.2 Å². The highest BCUT2D eigenvalue weighted by molar-refractivity contribution is 7.80. The van der Waals surface area contributed by atoms with Crippen LogP contribution in [0.25, 0.3) is 6.08 Å². The number of hydrogen-bond donors (Lipinski definition) is 2. The van der Waals surface area contributed by atoms with E-state index < -0.39 is 0 Å². The lowest BCUT2D eigenvalue weighted by Crippen LogP contribution is -2.32. The van der Waals surface area contributed by atoms with E-state index >= 15 is 0 Å². The summed E-state index contributed by atoms with van der Waals surface area (Å²) in [6, 6.07) is 13.9. The summed E-state index contributed by atoms with van der Waals surface area (Å²) >= 11 is 5.16. The molecule has 0 fully saturated rings. The molecule has 0 bridgehead atoms. The fourth-order valence-corrected chi connectivity index (χ4v) is 2.20. The van der Waals surface area contributed by atoms with Crippen molar-refractivity contribution in [1.82, 2.24) is 5.32 Å². The van der Waals surface area contributed by atoms with Gasteiger partial charge >= 0.3 is 0 Å². The van der Waals surface area contributed by atoms with Crippen LogP contribution in [0, 0.1) is 20.8 Å². The fourth-order valence-electron chi connectivity index (χ4n) is 1.98. The van der Waals surface area contributed by atoms with Crippen LogP contribution in [0.2, 0.25) is 0 Å². The molecule has 23 heavy (non-hydrogen) atoms. The highest BCUT2D eigenvalue weighted by atomic mass is 32.1. The van der Waals surface area contributed by atoms with Crippen molar-refractivity contribution in [2.45, 2.75) is 20.8 Å². The molecule has 0 radical (unpaired) electrons. The zero-order chi connectivity index (χ0) is 16.8. The minimum atomic E-state index is -0.257. The molecule has 2 rings (SSSR count). The third-order valence-electron chi connectivity index (χ3n) is 3.51. The van der Waals surface area contributed by atoms with E-state index in [4.69, 9.17) is 12.2 Å². The first-order chi connectivity index (χ1) is 10.9. The smallest absolute Gasteiger partial charge is 0.250 e. The second kappa shape index (κ2) is 7.70. The van der Waals surface area contributed by atoms with Crippen LogP contribution in [0.3, 0.4) is 0 Å². The number of carbonyl (C=O) groups is 1. The second-order valence-corrected chi connectivity index (χ2v) is 5.89. The van der Waals surface area contributed by atoms with Gasteiger partial charge in [-0.1, -0.05) is 35.9 Å². The topological polar surface area (TPSA) is 41.1 Å². The summed E-state index contributed by atoms with van der Waals surface area (Å²) in [5.41, 5.74) is 5.40. The van der Waals surface area contributed by atoms with Gasteiger partial charge in [0.2, 0.25) is 5.91 Å². The van der Waals surface area contributed by atoms with E-state index in [0.29, 0.717) is 0 Å². The number of rotatable bonds is 3. The van der Waals surface area contributed by atoms with Gasteiger partial charge in [0, 0.05) is 11.8 Å². The second-order valence-electron chi connectivity index (χ2n) is 5.49. The van der Waals surface area contributed by atoms with Crippen molar-refractivity contribution in [1.29, 1.82) is 0 Å². The molecule has 0 aliphatic heterocycles. The summed E-state index contributed by atoms with van der Waals surface area (Å²) in [7, 11) is 0. The minimum Gasteiger partial charge on any atom is -0.332 e. The van der Waals surface area contributed by atoms with Gasteiger partial charge in [-0.15, -0.1) is 0 Å². The SMILES string of the molecule is Cc1ccc(C=CC(=O)NC(=S)Nc2ccc(C)c(C)c2)cc1. The van der Waals surface area contributed by atoms with Gasteiger partial charge in [-0.3, -0.25) is 10.1 Å². The van der Waals surface area contributed by atoms with Gasteiger partial charge in [0.1, 0.15) is 0 Å². The molecule has 2 aromatic carbocycles. The molecule has 0 spiro atoms. The van der Waals surface area contributed by atoms with E-state index in [1.54, 1.807) is 6.08 Å². The monoisotopic (exact) mass is 324 g/mol. The molecule has 4 heteroatoms. The van der Waals surface area contributed by atoms with Crippen LogP contribution in [0.15, 0.2) is 48.5 Å². The van der Waals surface area contributed by atoms with Crippen molar-refractivity contribution >= 4 is 35.0 Å². The Bertz CT molecular complexity index is 748. The highest BCUT2D eigenvalue weighted by Gasteiger charge is 2.02. The predicted molar refractivity (Wildman–Crippen MR) is 100 cm³/mol. The standard InChI is InChI=1S/C19H20N2OS/c1-13-4-7-16(8-5-13)9-11-18(22)21-19(23)20-17-10-6-14(2)15(3)12-17/h4-12H,1-3H3,(H2,20,21,22,23). The zero-order valence-corrected chi connectivity index (χ0v) is 14.3. The Morgan fingerprint density at radius 3 is 2.35 bits per heavy atom. The summed E-state index contributed by atoms with van der Waals surface area (Å²) in [6.07, 6.45) is 3.23. The van der Waals surface area contributed by atoms with Crippen LogP contribution in [0.4, 0.5) is 5.69 Å². The minimum absolute atomic E-state index is 0.257. The summed E-state index contributed by atoms with van der Waals surface area (Å²) < 4.78 is 0. The van der Waals surface area contributed by atoms with Crippen LogP contribution in [-0.2, 0) is 4.79 Å². The maximum absolute atomic E-state index is 11.9. The molecule has 0 aromatic heterocycles. The fraction of sp³-hybridized carbons (Fsp3) is 0.158. The van der Waals surface area contributed by atoms with E-state index in [1.807, 2.05) is 56.3 Å². The highest BCUT2D eigenvalue weighted by Crippen LogP contribution is 2.13. The van der Waals surface area contributed by atoms with Crippen LogP contribution < -0.4 is 10.6 Å². The molecule has 0 unspecified atom stereocenters. The maximum atomic E-state index is 11.9. The van der Waals surface area contributed by atoms with Gasteiger partial charge in [-0.25, -0.2) is 0 Å². The number of thiocarbonyl (C=S) groups is 1. The average Bonchev–Trinajstić information content (AvgIpc) is 2.50. The van der Waals surface area contributed by atoms with Crippen molar-refractivity contribution in [3.05, 3.63) is 70.8 Å². The quantitative estimate of drug-likeness (QED) is 0.658. The molecule has 0 saturated heterocycles. The lowest BCUT2D eigenvalue weighted by molar-refractivity contribution is -0.115. The van der Waals surface area contributed by atoms with Crippen molar-refractivity contribution < 1.29 is 4.79 Å². The summed E-state index contributed by atoms with van der Waals surface area (Å²) in [6.45, 7) is 6.11. The van der Waals surface area contributed by atoms with Crippen LogP contribution in [0.1, 0.15) is 22.3 Å². The molecule has 0 saturated carbocycles. The Morgan fingerprint density at radius 1 is 1.00 bits per heavy atom. The molecule has 2 aromatic rings. The Morgan fingerprint density at radius 2 is 1.70 bits per heavy atom. The van der Waals surface area contributed by atoms with Gasteiger partial charge in [0.05, 0.1) is 0 Å². The molecule has 0 heterocycles. The molecule has 0 aliphatic rings. The number of carbonyl (C=O) groups excluding carboxylic acids is 1. The number of nitrogens with one attached hydrogen (secondary N) is 2. The Labute approximate surface area is 142 Å². The van der Waals surface area contributed by atoms with E-state index in [9.17, 15) is 4.79 Å². The van der Waals surface area contributed by atoms with Crippen LogP contribution in [0.5, 0.6) is 0 Å². The third kappa shape index (κ3) is 5.34. The van der Waals surface area contributed by atoms with Gasteiger partial charge in [0.15, 0.2) is 5.11 Å². The lowest BCUT2D eigenvalue weighted by atomic mass is 10.1. The summed E-state index contributed by atoms with van der Waals surface area (Å²) in [4.78, 5) is 11.9. The number of anilines is 1. The molecule has 3 nitrogen and oxygen atoms in total. The number of amides is 1. The Hall–Kier alpha value is -2.46. The first-order valence-corrected chi connectivity index (χ1v) is 7.79. The van der Waals surface area contributed by atoms with Gasteiger partial charge < -0.3 is 5.32 Å². The first kappa shape index (κ1) is 16.9. The third-order valence-corrected chi connectivity index (χ3v) is 3.71. The first-order valence-electron chi connectivity index (χ1n) is 7.38. The predicted octanol–water partition coefficient (Wildman–Crippen LogP) is 4.14. The lowest BCUT2D eigenvalue weighted by Gasteiger charge is -2.09. The van der Waals surface area contributed by atoms with Crippen molar-refractivity contribution in [2.24, 2.45) is 0 Å². The van der Waals surface area contributed by atoms with Gasteiger partial charge in [-0.2, -0.15) is 0 Å². The normalized spacial score (nSPS) is 10.6. The molecule has 1 amide bonds. The van der Waals surface area contributed by atoms with Crippen molar-refractivity contribution in [3.8, 4) is 0 Å². The van der Waals surface area contributed by atoms with Gasteiger partial charge in [0.25, 0.3) is 0 Å². The van der Waals surface area contributed by atoms with E-state index in [2.05, 4.69) is 17.6 Å². The zero-order valence-electron chi connectivity index (χ0n) is 13.5. The van der Waals surface area contributed by atoms with E-state index in [0.717, 1.165) is 11.3 Å². The molecule has 2 N–H and O–H groups in total. The Kier molecular flexibility index (Phi) is 5.66. The molecule has 118 valence electrons. The van der Waals surface area contributed by atoms with E-state index in [1.165, 1.54) is 22.8 Å². The van der Waals surface area contributed by atoms with E-state index in [-0.39, 0.29) is 11.0 Å². The average molecular weight is 324 g/mol. The Balaban J connectivity index is 1.90.